The molecular weight excluding hydrogens is 604 g/mol. The predicted octanol–water partition coefficient (Wildman–Crippen LogP) is -0.376. The monoisotopic (exact) mass is 658 g/mol. The van der Waals surface area contributed by atoms with E-state index in [1.54, 1.807) is 64.0 Å². The van der Waals surface area contributed by atoms with Crippen LogP contribution in [-0.4, -0.2) is 190 Å². The average molecular weight is 659 g/mol. The largest absolute Gasteiger partial charge is 0.382 e. The van der Waals surface area contributed by atoms with Gasteiger partial charge in [-0.15, -0.1) is 0 Å². The molecule has 0 N–H and O–H groups in total. The van der Waals surface area contributed by atoms with Gasteiger partial charge in [0, 0.05) is 78.2 Å². The van der Waals surface area contributed by atoms with Gasteiger partial charge in [-0.2, -0.15) is 0 Å². The summed E-state index contributed by atoms with van der Waals surface area (Å²) in [5.74, 6) is -1.46. The molecule has 0 spiro atoms. The summed E-state index contributed by atoms with van der Waals surface area (Å²) in [7, 11) is 17.2. The Morgan fingerprint density at radius 1 is 0.444 bits per heavy atom. The minimum absolute atomic E-state index is 0.00813. The maximum absolute atomic E-state index is 6.64. The zero-order valence-corrected chi connectivity index (χ0v) is 28.4. The van der Waals surface area contributed by atoms with Gasteiger partial charge >= 0.3 is 0 Å². The summed E-state index contributed by atoms with van der Waals surface area (Å²) in [6, 6.07) is 0. The third-order valence-electron chi connectivity index (χ3n) is 8.54. The molecule has 0 amide bonds. The van der Waals surface area contributed by atoms with E-state index in [0.717, 1.165) is 0 Å². The number of ether oxygens (including phenoxy) is 16. The molecule has 0 saturated carbocycles. The Bertz CT molecular complexity index is 825. The molecule has 16 nitrogen and oxygen atoms in total. The molecule has 3 aliphatic heterocycles. The summed E-state index contributed by atoms with van der Waals surface area (Å²) >= 11 is 0. The summed E-state index contributed by atoms with van der Waals surface area (Å²) in [5, 5.41) is 0. The minimum Gasteiger partial charge on any atom is -0.382 e. The number of hydrogen-bond donors (Lipinski definition) is 0. The predicted molar refractivity (Wildman–Crippen MR) is 154 cm³/mol. The van der Waals surface area contributed by atoms with Crippen molar-refractivity contribution in [2.24, 2.45) is 0 Å². The van der Waals surface area contributed by atoms with Crippen molar-refractivity contribution in [2.75, 3.05) is 105 Å². The molecule has 3 fully saturated rings. The van der Waals surface area contributed by atoms with E-state index in [4.69, 9.17) is 75.8 Å². The van der Waals surface area contributed by atoms with Crippen molar-refractivity contribution in [3.63, 3.8) is 0 Å². The molecular formula is C29H54O16. The van der Waals surface area contributed by atoms with Crippen LogP contribution < -0.4 is 0 Å². The summed E-state index contributed by atoms with van der Waals surface area (Å²) < 4.78 is 94.9. The summed E-state index contributed by atoms with van der Waals surface area (Å²) in [6.07, 6.45) is -8.49. The molecule has 0 radical (unpaired) electrons. The molecule has 45 heavy (non-hydrogen) atoms. The normalized spacial score (nSPS) is 42.3. The molecule has 0 aromatic carbocycles. The highest BCUT2D eigenvalue weighted by atomic mass is 16.8. The molecule has 266 valence electrons. The van der Waals surface area contributed by atoms with Gasteiger partial charge in [-0.1, -0.05) is 0 Å². The first-order chi connectivity index (χ1) is 21.8. The second-order valence-corrected chi connectivity index (χ2v) is 10.9. The van der Waals surface area contributed by atoms with Crippen molar-refractivity contribution in [1.29, 1.82) is 0 Å². The highest BCUT2D eigenvalue weighted by Gasteiger charge is 2.61. The fourth-order valence-electron chi connectivity index (χ4n) is 6.57. The fraction of sp³-hybridized carbons (Fsp3) is 1.00. The van der Waals surface area contributed by atoms with Gasteiger partial charge in [-0.05, 0) is 0 Å². The van der Waals surface area contributed by atoms with Crippen LogP contribution in [0.15, 0.2) is 0 Å². The van der Waals surface area contributed by atoms with Crippen molar-refractivity contribution in [3.8, 4) is 0 Å². The zero-order valence-electron chi connectivity index (χ0n) is 28.4. The van der Waals surface area contributed by atoms with E-state index in [1.807, 2.05) is 0 Å². The molecule has 0 aromatic heterocycles. The SMILES string of the molecule is COCC1OC(OC[C@H]2O[C@H](OC3(COC)OC(COC)C(OC)C3OC)[C@H](OC)[C@@H](OC)[C@@H]2OC)C(OC)C(OC)C1OC. The van der Waals surface area contributed by atoms with Crippen LogP contribution in [-0.2, 0) is 75.8 Å². The van der Waals surface area contributed by atoms with E-state index in [9.17, 15) is 0 Å². The summed E-state index contributed by atoms with van der Waals surface area (Å²) in [6.45, 7) is 0.459. The lowest BCUT2D eigenvalue weighted by Gasteiger charge is -2.48. The fourth-order valence-corrected chi connectivity index (χ4v) is 6.57. The molecule has 16 heteroatoms. The lowest BCUT2D eigenvalue weighted by molar-refractivity contribution is -0.394. The van der Waals surface area contributed by atoms with Crippen LogP contribution in [0, 0.1) is 0 Å². The Morgan fingerprint density at radius 3 is 1.38 bits per heavy atom. The van der Waals surface area contributed by atoms with E-state index in [1.165, 1.54) is 14.2 Å². The molecule has 14 atom stereocenters. The third kappa shape index (κ3) is 8.33. The van der Waals surface area contributed by atoms with Crippen molar-refractivity contribution < 1.29 is 75.8 Å². The first kappa shape index (κ1) is 38.8. The van der Waals surface area contributed by atoms with Crippen LogP contribution in [0.3, 0.4) is 0 Å². The van der Waals surface area contributed by atoms with E-state index >= 15 is 0 Å². The Kier molecular flexibility index (Phi) is 16.2. The lowest BCUT2D eigenvalue weighted by atomic mass is 9.97. The van der Waals surface area contributed by atoms with Crippen molar-refractivity contribution >= 4 is 0 Å². The number of hydrogen-bond acceptors (Lipinski definition) is 16. The summed E-state index contributed by atoms with van der Waals surface area (Å²) in [5.41, 5.74) is 0. The maximum atomic E-state index is 6.64. The van der Waals surface area contributed by atoms with Crippen LogP contribution in [0.5, 0.6) is 0 Å². The molecule has 3 aliphatic rings. The van der Waals surface area contributed by atoms with Gasteiger partial charge in [0.1, 0.15) is 73.8 Å². The minimum atomic E-state index is -1.46. The van der Waals surface area contributed by atoms with E-state index in [2.05, 4.69) is 0 Å². The number of rotatable bonds is 19. The molecule has 0 aliphatic carbocycles. The molecule has 3 rings (SSSR count). The molecule has 3 heterocycles. The van der Waals surface area contributed by atoms with E-state index in [-0.39, 0.29) is 26.4 Å². The molecule has 3 saturated heterocycles. The van der Waals surface area contributed by atoms with Gasteiger partial charge in [0.2, 0.25) is 5.79 Å². The van der Waals surface area contributed by atoms with Crippen LogP contribution >= 0.6 is 0 Å². The smallest absolute Gasteiger partial charge is 0.224 e. The Labute approximate surface area is 266 Å². The lowest BCUT2D eigenvalue weighted by Crippen LogP contribution is -2.65. The maximum Gasteiger partial charge on any atom is 0.224 e. The van der Waals surface area contributed by atoms with Gasteiger partial charge < -0.3 is 75.8 Å². The van der Waals surface area contributed by atoms with E-state index < -0.39 is 85.5 Å². The highest BCUT2D eigenvalue weighted by molar-refractivity contribution is 5.01. The van der Waals surface area contributed by atoms with Crippen LogP contribution in [0.1, 0.15) is 0 Å². The highest BCUT2D eigenvalue weighted by Crippen LogP contribution is 2.40. The topological polar surface area (TPSA) is 148 Å². The quantitative estimate of drug-likeness (QED) is 0.177. The van der Waals surface area contributed by atoms with Gasteiger partial charge in [-0.25, -0.2) is 0 Å². The molecule has 0 aromatic rings. The third-order valence-corrected chi connectivity index (χ3v) is 8.54. The van der Waals surface area contributed by atoms with Crippen LogP contribution in [0.4, 0.5) is 0 Å². The van der Waals surface area contributed by atoms with Crippen molar-refractivity contribution in [1.82, 2.24) is 0 Å². The van der Waals surface area contributed by atoms with Crippen molar-refractivity contribution in [2.45, 2.75) is 85.5 Å². The Balaban J connectivity index is 1.89. The van der Waals surface area contributed by atoms with Crippen LogP contribution in [0.2, 0.25) is 0 Å². The average Bonchev–Trinajstić information content (AvgIpc) is 3.34. The van der Waals surface area contributed by atoms with Gasteiger partial charge in [0.25, 0.3) is 0 Å². The van der Waals surface area contributed by atoms with Gasteiger partial charge in [0.05, 0.1) is 19.8 Å². The van der Waals surface area contributed by atoms with Gasteiger partial charge in [0.15, 0.2) is 12.6 Å². The first-order valence-corrected chi connectivity index (χ1v) is 14.8. The van der Waals surface area contributed by atoms with E-state index in [0.29, 0.717) is 0 Å². The summed E-state index contributed by atoms with van der Waals surface area (Å²) in [4.78, 5) is 0. The second kappa shape index (κ2) is 18.8. The first-order valence-electron chi connectivity index (χ1n) is 14.8. The second-order valence-electron chi connectivity index (χ2n) is 10.9. The zero-order chi connectivity index (χ0) is 33.1. The molecule has 0 bridgehead atoms. The Morgan fingerprint density at radius 2 is 0.911 bits per heavy atom. The van der Waals surface area contributed by atoms with Crippen molar-refractivity contribution in [3.05, 3.63) is 0 Å². The molecule has 9 unspecified atom stereocenters. The Hall–Kier alpha value is -0.640. The van der Waals surface area contributed by atoms with Crippen LogP contribution in [0.25, 0.3) is 0 Å². The number of methoxy groups -OCH3 is 11. The van der Waals surface area contributed by atoms with Gasteiger partial charge in [-0.3, -0.25) is 0 Å². The standard InChI is InChI=1S/C29H54O16/c1-30-12-16-19(33-4)22(36-7)24(38-9)27(42-16)41-14-17-20(34-5)23(37-8)25(39-10)28(43-17)45-29(15-32-3)26(40-11)21(35-6)18(44-29)13-31-2/h16-28H,12-15H2,1-11H3/t16?,17-,18?,19?,20-,21?,22?,23+,24?,25-,26?,27?,28-,29?/m1/s1.